The van der Waals surface area contributed by atoms with Gasteiger partial charge in [-0.15, -0.1) is 0 Å². The predicted octanol–water partition coefficient (Wildman–Crippen LogP) is 5.51. The minimum absolute atomic E-state index is 0.0437. The van der Waals surface area contributed by atoms with Crippen molar-refractivity contribution in [2.75, 3.05) is 10.2 Å². The number of hydrogen-bond donors (Lipinski definition) is 1. The van der Waals surface area contributed by atoms with Gasteiger partial charge in [0.05, 0.1) is 11.3 Å². The molecular weight excluding hydrogens is 410 g/mol. The number of carbonyl (C=O) groups excluding carboxylic acids is 2. The number of imide groups is 1. The minimum atomic E-state index is -0.618. The SMILES string of the molecule is O=C1C(Nc2cccc3ccccc23)=C(c2ccc(F)cc2)C(=O)N1c1cccc(F)c1. The Morgan fingerprint density at radius 3 is 2.19 bits per heavy atom. The van der Waals surface area contributed by atoms with Gasteiger partial charge in [0.1, 0.15) is 17.3 Å². The standard InChI is InChI=1S/C26H16F2N2O2/c27-18-13-11-17(12-14-18)23-24(29-22-10-3-6-16-5-1-2-9-21(16)22)26(32)30(25(23)31)20-8-4-7-19(28)15-20/h1-15,29H. The number of hydrogen-bond acceptors (Lipinski definition) is 3. The lowest BCUT2D eigenvalue weighted by Crippen LogP contribution is -2.32. The Bertz CT molecular complexity index is 1410. The zero-order valence-corrected chi connectivity index (χ0v) is 16.7. The number of benzene rings is 4. The Balaban J connectivity index is 1.66. The number of rotatable bonds is 4. The smallest absolute Gasteiger partial charge is 0.282 e. The number of anilines is 2. The summed E-state index contributed by atoms with van der Waals surface area (Å²) in [7, 11) is 0. The van der Waals surface area contributed by atoms with E-state index >= 15 is 0 Å². The summed E-state index contributed by atoms with van der Waals surface area (Å²) in [5.41, 5.74) is 1.27. The van der Waals surface area contributed by atoms with E-state index in [1.807, 2.05) is 36.4 Å². The van der Waals surface area contributed by atoms with E-state index in [0.717, 1.165) is 21.7 Å². The summed E-state index contributed by atoms with van der Waals surface area (Å²) < 4.78 is 27.4. The highest BCUT2D eigenvalue weighted by Crippen LogP contribution is 2.35. The molecule has 1 N–H and O–H groups in total. The quantitative estimate of drug-likeness (QED) is 0.438. The van der Waals surface area contributed by atoms with Crippen LogP contribution in [0.3, 0.4) is 0 Å². The summed E-state index contributed by atoms with van der Waals surface area (Å²) in [5, 5.41) is 4.95. The first kappa shape index (κ1) is 19.6. The molecule has 0 saturated carbocycles. The van der Waals surface area contributed by atoms with E-state index in [9.17, 15) is 18.4 Å². The second-order valence-electron chi connectivity index (χ2n) is 7.33. The first-order chi connectivity index (χ1) is 15.5. The molecule has 0 radical (unpaired) electrons. The minimum Gasteiger partial charge on any atom is -0.350 e. The topological polar surface area (TPSA) is 49.4 Å². The van der Waals surface area contributed by atoms with Crippen molar-refractivity contribution < 1.29 is 18.4 Å². The van der Waals surface area contributed by atoms with E-state index in [1.165, 1.54) is 42.5 Å². The van der Waals surface area contributed by atoms with Crippen molar-refractivity contribution >= 4 is 39.5 Å². The van der Waals surface area contributed by atoms with E-state index in [0.29, 0.717) is 11.3 Å². The molecule has 156 valence electrons. The van der Waals surface area contributed by atoms with Crippen LogP contribution in [0, 0.1) is 11.6 Å². The van der Waals surface area contributed by atoms with Crippen molar-refractivity contribution in [3.05, 3.63) is 114 Å². The van der Waals surface area contributed by atoms with Gasteiger partial charge in [0.25, 0.3) is 11.8 Å². The lowest BCUT2D eigenvalue weighted by Gasteiger charge is -2.15. The lowest BCUT2D eigenvalue weighted by molar-refractivity contribution is -0.120. The summed E-state index contributed by atoms with van der Waals surface area (Å²) in [6.45, 7) is 0. The van der Waals surface area contributed by atoms with Crippen molar-refractivity contribution in [3.63, 3.8) is 0 Å². The maximum absolute atomic E-state index is 13.8. The average Bonchev–Trinajstić information content (AvgIpc) is 3.04. The fourth-order valence-electron chi connectivity index (χ4n) is 3.85. The predicted molar refractivity (Wildman–Crippen MR) is 120 cm³/mol. The van der Waals surface area contributed by atoms with Gasteiger partial charge in [-0.05, 0) is 47.3 Å². The summed E-state index contributed by atoms with van der Waals surface area (Å²) in [6, 6.07) is 23.8. The van der Waals surface area contributed by atoms with Crippen LogP contribution in [0.5, 0.6) is 0 Å². The van der Waals surface area contributed by atoms with Gasteiger partial charge in [-0.1, -0.05) is 54.6 Å². The van der Waals surface area contributed by atoms with Crippen LogP contribution in [0.25, 0.3) is 16.3 Å². The molecule has 1 heterocycles. The molecule has 4 nitrogen and oxygen atoms in total. The molecule has 4 aromatic rings. The van der Waals surface area contributed by atoms with Crippen LogP contribution in [0.15, 0.2) is 96.7 Å². The van der Waals surface area contributed by atoms with Crippen LogP contribution in [0.2, 0.25) is 0 Å². The molecule has 1 aliphatic heterocycles. The van der Waals surface area contributed by atoms with Gasteiger partial charge in [0, 0.05) is 11.1 Å². The molecule has 6 heteroatoms. The molecule has 0 unspecified atom stereocenters. The molecule has 4 aromatic carbocycles. The Kier molecular flexibility index (Phi) is 4.75. The molecule has 5 rings (SSSR count). The van der Waals surface area contributed by atoms with Crippen molar-refractivity contribution in [1.82, 2.24) is 0 Å². The molecule has 0 aliphatic carbocycles. The maximum Gasteiger partial charge on any atom is 0.282 e. The third kappa shape index (κ3) is 3.32. The van der Waals surface area contributed by atoms with Crippen LogP contribution in [-0.2, 0) is 9.59 Å². The monoisotopic (exact) mass is 426 g/mol. The van der Waals surface area contributed by atoms with Gasteiger partial charge in [-0.2, -0.15) is 0 Å². The summed E-state index contributed by atoms with van der Waals surface area (Å²) >= 11 is 0. The van der Waals surface area contributed by atoms with Crippen LogP contribution in [-0.4, -0.2) is 11.8 Å². The number of fused-ring (bicyclic) bond motifs is 1. The molecule has 0 saturated heterocycles. The molecule has 0 aromatic heterocycles. The third-order valence-corrected chi connectivity index (χ3v) is 5.33. The maximum atomic E-state index is 13.8. The van der Waals surface area contributed by atoms with Crippen LogP contribution < -0.4 is 10.2 Å². The number of nitrogens with one attached hydrogen (secondary N) is 1. The largest absolute Gasteiger partial charge is 0.350 e. The number of nitrogens with zero attached hydrogens (tertiary/aromatic N) is 1. The second-order valence-corrected chi connectivity index (χ2v) is 7.33. The van der Waals surface area contributed by atoms with E-state index in [-0.39, 0.29) is 17.0 Å². The number of carbonyl (C=O) groups is 2. The van der Waals surface area contributed by atoms with Crippen LogP contribution in [0.4, 0.5) is 20.2 Å². The first-order valence-corrected chi connectivity index (χ1v) is 9.92. The Hall–Kier alpha value is -4.32. The zero-order chi connectivity index (χ0) is 22.2. The van der Waals surface area contributed by atoms with Crippen LogP contribution >= 0.6 is 0 Å². The normalized spacial score (nSPS) is 13.9. The molecule has 32 heavy (non-hydrogen) atoms. The van der Waals surface area contributed by atoms with E-state index in [1.54, 1.807) is 6.07 Å². The fourth-order valence-corrected chi connectivity index (χ4v) is 3.85. The molecule has 1 aliphatic rings. The van der Waals surface area contributed by atoms with Gasteiger partial charge < -0.3 is 5.32 Å². The molecular formula is C26H16F2N2O2. The third-order valence-electron chi connectivity index (χ3n) is 5.33. The molecule has 2 amide bonds. The summed E-state index contributed by atoms with van der Waals surface area (Å²) in [6.07, 6.45) is 0. The van der Waals surface area contributed by atoms with E-state index < -0.39 is 23.4 Å². The molecule has 0 bridgehead atoms. The van der Waals surface area contributed by atoms with Crippen molar-refractivity contribution in [2.24, 2.45) is 0 Å². The number of halogens is 2. The Morgan fingerprint density at radius 1 is 0.688 bits per heavy atom. The Labute approximate surface area is 182 Å². The van der Waals surface area contributed by atoms with Crippen molar-refractivity contribution in [1.29, 1.82) is 0 Å². The molecule has 0 atom stereocenters. The van der Waals surface area contributed by atoms with E-state index in [4.69, 9.17) is 0 Å². The molecule has 0 spiro atoms. The van der Waals surface area contributed by atoms with Gasteiger partial charge in [-0.3, -0.25) is 9.59 Å². The summed E-state index contributed by atoms with van der Waals surface area (Å²) in [4.78, 5) is 27.7. The van der Waals surface area contributed by atoms with E-state index in [2.05, 4.69) is 5.32 Å². The zero-order valence-electron chi connectivity index (χ0n) is 16.7. The van der Waals surface area contributed by atoms with Gasteiger partial charge in [0.2, 0.25) is 0 Å². The number of amides is 2. The lowest BCUT2D eigenvalue weighted by atomic mass is 10.0. The fraction of sp³-hybridized carbons (Fsp3) is 0. The second kappa shape index (κ2) is 7.74. The summed E-state index contributed by atoms with van der Waals surface area (Å²) in [5.74, 6) is -2.26. The van der Waals surface area contributed by atoms with Gasteiger partial charge >= 0.3 is 0 Å². The van der Waals surface area contributed by atoms with Crippen LogP contribution in [0.1, 0.15) is 5.56 Å². The molecule has 0 fully saturated rings. The first-order valence-electron chi connectivity index (χ1n) is 9.92. The Morgan fingerprint density at radius 2 is 1.41 bits per heavy atom. The van der Waals surface area contributed by atoms with Gasteiger partial charge in [0.15, 0.2) is 0 Å². The van der Waals surface area contributed by atoms with Crippen molar-refractivity contribution in [2.45, 2.75) is 0 Å². The average molecular weight is 426 g/mol. The van der Waals surface area contributed by atoms with Crippen molar-refractivity contribution in [3.8, 4) is 0 Å². The highest BCUT2D eigenvalue weighted by Gasteiger charge is 2.40. The van der Waals surface area contributed by atoms with Gasteiger partial charge in [-0.25, -0.2) is 13.7 Å². The highest BCUT2D eigenvalue weighted by molar-refractivity contribution is 6.46. The highest BCUT2D eigenvalue weighted by atomic mass is 19.1.